The molecule has 104 valence electrons. The minimum atomic E-state index is -0.328. The Morgan fingerprint density at radius 1 is 1.42 bits per heavy atom. The van der Waals surface area contributed by atoms with Gasteiger partial charge in [-0.15, -0.1) is 0 Å². The lowest BCUT2D eigenvalue weighted by molar-refractivity contribution is 0.0709. The highest BCUT2D eigenvalue weighted by atomic mass is 32.2. The predicted octanol–water partition coefficient (Wildman–Crippen LogP) is 2.12. The topological polar surface area (TPSA) is 49.8 Å². The molecule has 0 aliphatic carbocycles. The van der Waals surface area contributed by atoms with Crippen LogP contribution in [0.15, 0.2) is 30.3 Å². The van der Waals surface area contributed by atoms with Crippen molar-refractivity contribution < 1.29 is 14.6 Å². The molecule has 1 aromatic rings. The zero-order chi connectivity index (χ0) is 13.5. The molecule has 1 fully saturated rings. The number of ether oxygens (including phenoxy) is 1. The van der Waals surface area contributed by atoms with E-state index in [4.69, 9.17) is 4.74 Å². The molecule has 0 aromatic heterocycles. The summed E-state index contributed by atoms with van der Waals surface area (Å²) in [4.78, 5) is 13.7. The van der Waals surface area contributed by atoms with Crippen LogP contribution in [-0.4, -0.2) is 46.8 Å². The first-order valence-corrected chi connectivity index (χ1v) is 7.62. The molecule has 1 N–H and O–H groups in total. The summed E-state index contributed by atoms with van der Waals surface area (Å²) in [6, 6.07) is 9.49. The fourth-order valence-electron chi connectivity index (χ4n) is 2.02. The van der Waals surface area contributed by atoms with E-state index in [0.717, 1.165) is 23.5 Å². The lowest BCUT2D eigenvalue weighted by Crippen LogP contribution is -2.43. The first-order valence-electron chi connectivity index (χ1n) is 6.47. The fourth-order valence-corrected chi connectivity index (χ4v) is 3.08. The summed E-state index contributed by atoms with van der Waals surface area (Å²) in [5.41, 5.74) is 0.973. The number of aliphatic hydroxyl groups excluding tert-OH is 1. The molecule has 1 atom stereocenters. The Balaban J connectivity index is 1.90. The normalized spacial score (nSPS) is 19.8. The average Bonchev–Trinajstić information content (AvgIpc) is 2.71. The van der Waals surface area contributed by atoms with Gasteiger partial charge in [-0.2, -0.15) is 11.8 Å². The molecule has 5 heteroatoms. The molecule has 1 aromatic carbocycles. The third kappa shape index (κ3) is 4.14. The van der Waals surface area contributed by atoms with E-state index in [1.807, 2.05) is 30.3 Å². The predicted molar refractivity (Wildman–Crippen MR) is 76.1 cm³/mol. The number of nitrogens with zero attached hydrogens (tertiary/aromatic N) is 1. The van der Waals surface area contributed by atoms with E-state index in [9.17, 15) is 9.90 Å². The lowest BCUT2D eigenvalue weighted by Gasteiger charge is -2.27. The molecule has 1 amide bonds. The van der Waals surface area contributed by atoms with Crippen LogP contribution in [0.5, 0.6) is 0 Å². The number of hydrogen-bond donors (Lipinski definition) is 1. The van der Waals surface area contributed by atoms with Gasteiger partial charge in [0.05, 0.1) is 12.6 Å². The van der Waals surface area contributed by atoms with Crippen molar-refractivity contribution in [1.29, 1.82) is 0 Å². The number of hydrogen-bond acceptors (Lipinski definition) is 4. The number of benzene rings is 1. The van der Waals surface area contributed by atoms with Crippen LogP contribution < -0.4 is 0 Å². The number of amides is 1. The molecule has 2 rings (SSSR count). The van der Waals surface area contributed by atoms with Gasteiger partial charge in [-0.1, -0.05) is 30.3 Å². The first kappa shape index (κ1) is 14.2. The molecule has 1 unspecified atom stereocenters. The van der Waals surface area contributed by atoms with E-state index >= 15 is 0 Å². The van der Waals surface area contributed by atoms with Crippen LogP contribution in [-0.2, 0) is 11.3 Å². The van der Waals surface area contributed by atoms with Gasteiger partial charge in [-0.05, 0) is 17.7 Å². The van der Waals surface area contributed by atoms with Gasteiger partial charge in [0.1, 0.15) is 6.61 Å². The number of aliphatic hydroxyl groups is 1. The van der Waals surface area contributed by atoms with Crippen molar-refractivity contribution in [2.24, 2.45) is 0 Å². The Morgan fingerprint density at radius 2 is 2.21 bits per heavy atom. The third-order valence-corrected chi connectivity index (χ3v) is 4.29. The zero-order valence-electron chi connectivity index (χ0n) is 10.8. The van der Waals surface area contributed by atoms with Gasteiger partial charge in [0.2, 0.25) is 0 Å². The Morgan fingerprint density at radius 3 is 2.95 bits per heavy atom. The van der Waals surface area contributed by atoms with Gasteiger partial charge < -0.3 is 14.7 Å². The first-order chi connectivity index (χ1) is 9.31. The second-order valence-corrected chi connectivity index (χ2v) is 5.65. The Hall–Kier alpha value is -1.20. The van der Waals surface area contributed by atoms with Crippen molar-refractivity contribution in [3.05, 3.63) is 35.9 Å². The molecule has 0 saturated carbocycles. The molecule has 0 bridgehead atoms. The second-order valence-electron chi connectivity index (χ2n) is 4.50. The highest BCUT2D eigenvalue weighted by molar-refractivity contribution is 7.99. The van der Waals surface area contributed by atoms with Gasteiger partial charge in [0.15, 0.2) is 0 Å². The molecule has 1 aliphatic rings. The molecule has 1 saturated heterocycles. The molecular formula is C14H19NO3S. The van der Waals surface area contributed by atoms with Crippen LogP contribution in [0.1, 0.15) is 12.0 Å². The molecule has 0 radical (unpaired) electrons. The summed E-state index contributed by atoms with van der Waals surface area (Å²) in [6.07, 6.45) is 0.618. The summed E-state index contributed by atoms with van der Waals surface area (Å²) in [5, 5.41) is 9.36. The van der Waals surface area contributed by atoms with Crippen molar-refractivity contribution in [3.63, 3.8) is 0 Å². The molecule has 1 heterocycles. The molecule has 4 nitrogen and oxygen atoms in total. The van der Waals surface area contributed by atoms with E-state index in [1.165, 1.54) is 0 Å². The van der Waals surface area contributed by atoms with E-state index in [1.54, 1.807) is 16.7 Å². The van der Waals surface area contributed by atoms with Crippen LogP contribution in [0.4, 0.5) is 4.79 Å². The fraction of sp³-hybridized carbons (Fsp3) is 0.500. The Labute approximate surface area is 117 Å². The van der Waals surface area contributed by atoms with Gasteiger partial charge in [0.25, 0.3) is 0 Å². The SMILES string of the molecule is O=C(OCc1ccccc1)N1CCCSCC1CO. The third-order valence-electron chi connectivity index (χ3n) is 3.09. The van der Waals surface area contributed by atoms with Crippen LogP contribution in [0.25, 0.3) is 0 Å². The molecule has 1 aliphatic heterocycles. The summed E-state index contributed by atoms with van der Waals surface area (Å²) in [7, 11) is 0. The van der Waals surface area contributed by atoms with E-state index in [-0.39, 0.29) is 25.3 Å². The highest BCUT2D eigenvalue weighted by Crippen LogP contribution is 2.17. The quantitative estimate of drug-likeness (QED) is 0.922. The summed E-state index contributed by atoms with van der Waals surface area (Å²) in [5.74, 6) is 1.80. The molecule has 19 heavy (non-hydrogen) atoms. The Kier molecular flexibility index (Phi) is 5.54. The van der Waals surface area contributed by atoms with Gasteiger partial charge >= 0.3 is 6.09 Å². The molecule has 0 spiro atoms. The smallest absolute Gasteiger partial charge is 0.410 e. The largest absolute Gasteiger partial charge is 0.445 e. The van der Waals surface area contributed by atoms with Crippen LogP contribution in [0, 0.1) is 0 Å². The van der Waals surface area contributed by atoms with Gasteiger partial charge in [-0.3, -0.25) is 0 Å². The van der Waals surface area contributed by atoms with Crippen molar-refractivity contribution in [1.82, 2.24) is 4.90 Å². The maximum atomic E-state index is 12.1. The maximum Gasteiger partial charge on any atom is 0.410 e. The minimum Gasteiger partial charge on any atom is -0.445 e. The van der Waals surface area contributed by atoms with Crippen molar-refractivity contribution in [2.75, 3.05) is 24.7 Å². The van der Waals surface area contributed by atoms with E-state index in [2.05, 4.69) is 0 Å². The van der Waals surface area contributed by atoms with Gasteiger partial charge in [-0.25, -0.2) is 4.79 Å². The second kappa shape index (κ2) is 7.40. The maximum absolute atomic E-state index is 12.1. The van der Waals surface area contributed by atoms with Gasteiger partial charge in [0, 0.05) is 12.3 Å². The number of carbonyl (C=O) groups excluding carboxylic acids is 1. The Bertz CT molecular complexity index is 399. The van der Waals surface area contributed by atoms with Crippen molar-refractivity contribution in [3.8, 4) is 0 Å². The molecular weight excluding hydrogens is 262 g/mol. The zero-order valence-corrected chi connectivity index (χ0v) is 11.6. The minimum absolute atomic E-state index is 0.00651. The van der Waals surface area contributed by atoms with Crippen LogP contribution >= 0.6 is 11.8 Å². The summed E-state index contributed by atoms with van der Waals surface area (Å²) < 4.78 is 5.32. The number of rotatable bonds is 3. The van der Waals surface area contributed by atoms with E-state index < -0.39 is 0 Å². The monoisotopic (exact) mass is 281 g/mol. The van der Waals surface area contributed by atoms with Crippen LogP contribution in [0.2, 0.25) is 0 Å². The standard InChI is InChI=1S/C14H19NO3S/c16-9-13-11-19-8-4-7-15(13)14(17)18-10-12-5-2-1-3-6-12/h1-3,5-6,13,16H,4,7-11H2. The van der Waals surface area contributed by atoms with Crippen LogP contribution in [0.3, 0.4) is 0 Å². The number of thioether (sulfide) groups is 1. The van der Waals surface area contributed by atoms with Crippen molar-refractivity contribution >= 4 is 17.9 Å². The van der Waals surface area contributed by atoms with Crippen molar-refractivity contribution in [2.45, 2.75) is 19.1 Å². The average molecular weight is 281 g/mol. The summed E-state index contributed by atoms with van der Waals surface area (Å²) >= 11 is 1.77. The number of carbonyl (C=O) groups is 1. The summed E-state index contributed by atoms with van der Waals surface area (Å²) in [6.45, 7) is 0.931. The highest BCUT2D eigenvalue weighted by Gasteiger charge is 2.26. The van der Waals surface area contributed by atoms with E-state index in [0.29, 0.717) is 6.54 Å². The lowest BCUT2D eigenvalue weighted by atomic mass is 10.2.